The van der Waals surface area contributed by atoms with E-state index in [-0.39, 0.29) is 50.4 Å². The summed E-state index contributed by atoms with van der Waals surface area (Å²) in [6, 6.07) is 9.56. The van der Waals surface area contributed by atoms with E-state index in [2.05, 4.69) is 5.16 Å². The van der Waals surface area contributed by atoms with Crippen LogP contribution in [0.1, 0.15) is 107 Å². The summed E-state index contributed by atoms with van der Waals surface area (Å²) in [4.78, 5) is 22.6. The van der Waals surface area contributed by atoms with Crippen molar-refractivity contribution in [1.82, 2.24) is 4.90 Å². The molecule has 2 aliphatic heterocycles. The summed E-state index contributed by atoms with van der Waals surface area (Å²) in [7, 11) is 6.96. The Morgan fingerprint density at radius 2 is 1.51 bits per heavy atom. The first-order valence-corrected chi connectivity index (χ1v) is 23.0. The number of rotatable bonds is 14. The number of nitrogens with zero attached hydrogens (tertiary/aromatic N) is 2. The van der Waals surface area contributed by atoms with E-state index >= 15 is 0 Å². The number of oxime groups is 1. The molecule has 0 bridgehead atoms. The molecule has 4 N–H and O–H groups in total. The summed E-state index contributed by atoms with van der Waals surface area (Å²) in [5, 5.41) is 51.9. The molecule has 1 aromatic carbocycles. The first kappa shape index (κ1) is 53.5. The van der Waals surface area contributed by atoms with Crippen LogP contribution in [0.2, 0.25) is 0 Å². The second-order valence-corrected chi connectivity index (χ2v) is 19.6. The number of ketones is 1. The largest absolute Gasteiger partial charge is 0.393 e. The molecule has 0 aromatic heterocycles. The quantitative estimate of drug-likeness (QED) is 0.142. The van der Waals surface area contributed by atoms with Crippen LogP contribution in [0.15, 0.2) is 35.5 Å². The molecule has 3 fully saturated rings. The monoisotopic (exact) mass is 895 g/mol. The molecule has 0 unspecified atom stereocenters. The van der Waals surface area contributed by atoms with Gasteiger partial charge in [0.05, 0.1) is 66.2 Å². The molecule has 1 aromatic rings. The third kappa shape index (κ3) is 12.9. The van der Waals surface area contributed by atoms with Crippen molar-refractivity contribution in [3.8, 4) is 0 Å². The second kappa shape index (κ2) is 23.1. The van der Waals surface area contributed by atoms with Gasteiger partial charge in [-0.15, -0.1) is 0 Å². The maximum Gasteiger partial charge on any atom is 0.185 e. The number of hydrogen-bond donors (Lipinski definition) is 4. The first-order valence-electron chi connectivity index (χ1n) is 23.0. The molecule has 3 aliphatic rings. The summed E-state index contributed by atoms with van der Waals surface area (Å²) in [6.45, 7) is 19.2. The van der Waals surface area contributed by atoms with Gasteiger partial charge in [-0.2, -0.15) is 0 Å². The van der Waals surface area contributed by atoms with Crippen LogP contribution >= 0.6 is 0 Å². The van der Waals surface area contributed by atoms with Gasteiger partial charge in [0, 0.05) is 56.8 Å². The van der Waals surface area contributed by atoms with Crippen molar-refractivity contribution in [1.29, 1.82) is 0 Å². The second-order valence-electron chi connectivity index (χ2n) is 19.6. The van der Waals surface area contributed by atoms with Crippen LogP contribution in [0, 0.1) is 29.6 Å². The normalized spacial score (nSPS) is 43.2. The number of aliphatic hydroxyl groups excluding tert-OH is 3. The molecule has 0 radical (unpaired) electrons. The smallest absolute Gasteiger partial charge is 0.185 e. The number of benzene rings is 1. The summed E-state index contributed by atoms with van der Waals surface area (Å²) in [5.74, 6) is -3.40. The summed E-state index contributed by atoms with van der Waals surface area (Å²) in [5.41, 5.74) is -2.38. The Labute approximate surface area is 377 Å². The van der Waals surface area contributed by atoms with E-state index < -0.39 is 95.6 Å². The van der Waals surface area contributed by atoms with E-state index in [0.717, 1.165) is 5.56 Å². The molecular formula is C48H82N2O13. The van der Waals surface area contributed by atoms with Crippen LogP contribution < -0.4 is 0 Å². The van der Waals surface area contributed by atoms with Gasteiger partial charge in [-0.05, 0) is 73.0 Å². The van der Waals surface area contributed by atoms with Gasteiger partial charge < -0.3 is 63.3 Å². The SMILES string of the molecule is CC[C@H]1CC(=O)[C@H](C)[C@@H](O[C@H]2C[C@@](C)(OC)[C@@H](O)[C@H](C)O2)[C@H](C)[C@@H](O[C@@H]2O[C@H](C)C[C@H](N(C)C)[C@H]2O)[C@](C)(OC)C[C@@H](C)/C(=N\OCCOCc2ccccc2)[C@H](C)[C@@H](O)[C@]1(C)O. The molecule has 18 atom stereocenters. The highest BCUT2D eigenvalue weighted by atomic mass is 16.7. The lowest BCUT2D eigenvalue weighted by molar-refractivity contribution is -0.318. The number of Topliss-reactive ketones (excluding diaryl/α,β-unsaturated/α-hetero) is 1. The van der Waals surface area contributed by atoms with Gasteiger partial charge >= 0.3 is 0 Å². The van der Waals surface area contributed by atoms with Gasteiger partial charge in [0.25, 0.3) is 0 Å². The highest BCUT2D eigenvalue weighted by Crippen LogP contribution is 2.43. The van der Waals surface area contributed by atoms with E-state index in [1.54, 1.807) is 34.8 Å². The molecular weight excluding hydrogens is 813 g/mol. The number of likely N-dealkylation sites (N-methyl/N-ethyl adjacent to an activating group) is 1. The zero-order chi connectivity index (χ0) is 47.0. The van der Waals surface area contributed by atoms with E-state index in [4.69, 9.17) is 38.0 Å². The van der Waals surface area contributed by atoms with Crippen LogP contribution in [0.4, 0.5) is 0 Å². The van der Waals surface area contributed by atoms with E-state index in [1.165, 1.54) is 7.11 Å². The van der Waals surface area contributed by atoms with Crippen LogP contribution in [-0.2, 0) is 49.4 Å². The first-order chi connectivity index (χ1) is 29.5. The van der Waals surface area contributed by atoms with E-state index in [1.807, 2.05) is 90.9 Å². The Hall–Kier alpha value is -2.12. The fraction of sp³-hybridized carbons (Fsp3) is 0.833. The molecule has 15 heteroatoms. The molecule has 1 aliphatic carbocycles. The molecule has 362 valence electrons. The molecule has 2 heterocycles. The molecule has 63 heavy (non-hydrogen) atoms. The topological polar surface area (TPSA) is 187 Å². The number of hydrogen-bond acceptors (Lipinski definition) is 15. The van der Waals surface area contributed by atoms with Crippen LogP contribution in [0.3, 0.4) is 0 Å². The van der Waals surface area contributed by atoms with Gasteiger partial charge in [-0.3, -0.25) is 4.79 Å². The van der Waals surface area contributed by atoms with Crippen molar-refractivity contribution in [2.45, 2.75) is 186 Å². The Morgan fingerprint density at radius 1 is 0.857 bits per heavy atom. The minimum atomic E-state index is -1.71. The molecule has 0 amide bonds. The van der Waals surface area contributed by atoms with Gasteiger partial charge in [0.15, 0.2) is 12.6 Å². The lowest BCUT2D eigenvalue weighted by Gasteiger charge is -2.50. The van der Waals surface area contributed by atoms with Crippen molar-refractivity contribution in [2.24, 2.45) is 34.7 Å². The lowest BCUT2D eigenvalue weighted by Crippen LogP contribution is -2.61. The highest BCUT2D eigenvalue weighted by molar-refractivity contribution is 5.89. The minimum Gasteiger partial charge on any atom is -0.393 e. The number of carbonyl (C=O) groups is 1. The summed E-state index contributed by atoms with van der Waals surface area (Å²) >= 11 is 0. The van der Waals surface area contributed by atoms with Gasteiger partial charge in [-0.25, -0.2) is 0 Å². The standard InChI is InChI=1S/C48H82N2O13/c1-15-35-24-37(51)30(4)41(62-38-26-46(8,56-13)43(54)33(7)61-38)32(6)44(63-45-40(52)36(50(11)12)23-29(3)60-45)47(9,57-14)25-28(2)39(31(5)42(53)48(35,10)55)49-59-22-21-58-27-34-19-17-16-18-20-34/h16-20,28-33,35-36,38,40-45,52-55H,15,21-27H2,1-14H3/b49-39+/t28-,29-,30+,31+,32+,33+,35+,36+,38+,40-,41-,42-,43+,44-,45+,46-,47-,48-/m1/s1. The van der Waals surface area contributed by atoms with Gasteiger partial charge in [0.1, 0.15) is 24.6 Å². The fourth-order valence-corrected chi connectivity index (χ4v) is 10.2. The number of carbonyl (C=O) groups excluding carboxylic acids is 1. The fourth-order valence-electron chi connectivity index (χ4n) is 10.2. The van der Waals surface area contributed by atoms with Crippen molar-refractivity contribution >= 4 is 11.5 Å². The maximum absolute atomic E-state index is 14.7. The number of aliphatic hydroxyl groups is 4. The Bertz CT molecular complexity index is 1580. The molecule has 15 nitrogen and oxygen atoms in total. The highest BCUT2D eigenvalue weighted by Gasteiger charge is 2.53. The number of ether oxygens (including phenoxy) is 7. The summed E-state index contributed by atoms with van der Waals surface area (Å²) < 4.78 is 44.8. The van der Waals surface area contributed by atoms with Crippen LogP contribution in [0.5, 0.6) is 0 Å². The molecule has 4 rings (SSSR count). The maximum atomic E-state index is 14.7. The predicted molar refractivity (Wildman–Crippen MR) is 239 cm³/mol. The molecule has 1 saturated carbocycles. The van der Waals surface area contributed by atoms with Crippen LogP contribution in [-0.4, -0.2) is 157 Å². The van der Waals surface area contributed by atoms with Gasteiger partial charge in [0.2, 0.25) is 0 Å². The van der Waals surface area contributed by atoms with Crippen molar-refractivity contribution in [2.75, 3.05) is 41.5 Å². The third-order valence-corrected chi connectivity index (χ3v) is 14.5. The Kier molecular flexibility index (Phi) is 19.6. The predicted octanol–water partition coefficient (Wildman–Crippen LogP) is 5.12. The van der Waals surface area contributed by atoms with Crippen molar-refractivity contribution in [3.05, 3.63) is 35.9 Å². The zero-order valence-electron chi connectivity index (χ0n) is 40.6. The van der Waals surface area contributed by atoms with Gasteiger partial charge in [-0.1, -0.05) is 76.5 Å². The lowest BCUT2D eigenvalue weighted by atomic mass is 9.69. The summed E-state index contributed by atoms with van der Waals surface area (Å²) in [6.07, 6.45) is -6.59. The minimum absolute atomic E-state index is 0.0612. The molecule has 2 saturated heterocycles. The number of methoxy groups -OCH3 is 2. The Balaban J connectivity index is 1.83. The third-order valence-electron chi connectivity index (χ3n) is 14.5. The van der Waals surface area contributed by atoms with Crippen LogP contribution in [0.25, 0.3) is 0 Å². The zero-order valence-corrected chi connectivity index (χ0v) is 40.6. The molecule has 0 spiro atoms. The average Bonchev–Trinajstić information content (AvgIpc) is 3.24. The average molecular weight is 895 g/mol. The van der Waals surface area contributed by atoms with Crippen molar-refractivity contribution < 1.29 is 63.2 Å². The Morgan fingerprint density at radius 3 is 2.11 bits per heavy atom. The van der Waals surface area contributed by atoms with E-state index in [9.17, 15) is 25.2 Å². The van der Waals surface area contributed by atoms with E-state index in [0.29, 0.717) is 25.2 Å². The van der Waals surface area contributed by atoms with Crippen molar-refractivity contribution in [3.63, 3.8) is 0 Å².